The Kier molecular flexibility index (Phi) is 3.96. The van der Waals surface area contributed by atoms with Gasteiger partial charge in [0.05, 0.1) is 13.2 Å². The van der Waals surface area contributed by atoms with Crippen molar-refractivity contribution in [2.45, 2.75) is 6.42 Å². The second-order valence-electron chi connectivity index (χ2n) is 4.70. The first-order valence-corrected chi connectivity index (χ1v) is 6.85. The average molecular weight is 281 g/mol. The van der Waals surface area contributed by atoms with Gasteiger partial charge >= 0.3 is 0 Å². The summed E-state index contributed by atoms with van der Waals surface area (Å²) >= 11 is 0. The highest BCUT2D eigenvalue weighted by atomic mass is 16.5. The molecule has 0 aliphatic carbocycles. The number of allylic oxidation sites excluding steroid dienone is 1. The third kappa shape index (κ3) is 3.28. The van der Waals surface area contributed by atoms with Crippen LogP contribution in [0.15, 0.2) is 48.8 Å². The van der Waals surface area contributed by atoms with Crippen LogP contribution in [0, 0.1) is 0 Å². The molecule has 0 amide bonds. The molecule has 1 aromatic heterocycles. The van der Waals surface area contributed by atoms with E-state index in [9.17, 15) is 4.79 Å². The number of aromatic nitrogens is 1. The van der Waals surface area contributed by atoms with Crippen LogP contribution in [0.2, 0.25) is 0 Å². The third-order valence-corrected chi connectivity index (χ3v) is 3.14. The van der Waals surface area contributed by atoms with Crippen molar-refractivity contribution >= 4 is 11.9 Å². The number of benzene rings is 1. The van der Waals surface area contributed by atoms with Crippen LogP contribution in [0.5, 0.6) is 11.5 Å². The van der Waals surface area contributed by atoms with E-state index in [1.165, 1.54) is 6.08 Å². The average Bonchev–Trinajstić information content (AvgIpc) is 2.78. The summed E-state index contributed by atoms with van der Waals surface area (Å²) in [5.74, 6) is 1.25. The molecular weight excluding hydrogens is 266 g/mol. The Morgan fingerprint density at radius 3 is 2.81 bits per heavy atom. The van der Waals surface area contributed by atoms with E-state index < -0.39 is 0 Å². The summed E-state index contributed by atoms with van der Waals surface area (Å²) in [5.41, 5.74) is 1.47. The summed E-state index contributed by atoms with van der Waals surface area (Å²) in [6, 6.07) is 8.99. The van der Waals surface area contributed by atoms with Gasteiger partial charge < -0.3 is 9.47 Å². The van der Waals surface area contributed by atoms with Gasteiger partial charge in [0.1, 0.15) is 0 Å². The van der Waals surface area contributed by atoms with Gasteiger partial charge in [-0.2, -0.15) is 0 Å². The number of ether oxygens (including phenoxy) is 2. The van der Waals surface area contributed by atoms with Gasteiger partial charge in [0, 0.05) is 24.4 Å². The highest BCUT2D eigenvalue weighted by molar-refractivity contribution is 6.07. The van der Waals surface area contributed by atoms with E-state index in [2.05, 4.69) is 4.98 Å². The summed E-state index contributed by atoms with van der Waals surface area (Å²) in [7, 11) is 0. The number of nitrogens with zero attached hydrogens (tertiary/aromatic N) is 1. The molecule has 0 N–H and O–H groups in total. The number of hydrogen-bond acceptors (Lipinski definition) is 4. The standard InChI is InChI=1S/C17H15NO3/c19-15(6-4-13-3-1-8-18-12-13)14-5-7-16-17(11-14)21-10-2-9-20-16/h1,3-8,11-12H,2,9-10H2/b6-4+. The Hall–Kier alpha value is -2.62. The lowest BCUT2D eigenvalue weighted by Crippen LogP contribution is -1.98. The zero-order valence-corrected chi connectivity index (χ0v) is 11.5. The van der Waals surface area contributed by atoms with Crippen LogP contribution in [-0.4, -0.2) is 24.0 Å². The topological polar surface area (TPSA) is 48.4 Å². The monoisotopic (exact) mass is 281 g/mol. The molecule has 2 aromatic rings. The molecule has 4 heteroatoms. The van der Waals surface area contributed by atoms with Gasteiger partial charge in [-0.3, -0.25) is 9.78 Å². The molecule has 2 heterocycles. The smallest absolute Gasteiger partial charge is 0.185 e. The van der Waals surface area contributed by atoms with Gasteiger partial charge in [-0.05, 0) is 42.0 Å². The van der Waals surface area contributed by atoms with Crippen molar-refractivity contribution in [2.24, 2.45) is 0 Å². The Labute approximate surface area is 123 Å². The van der Waals surface area contributed by atoms with E-state index in [0.29, 0.717) is 30.3 Å². The maximum atomic E-state index is 12.2. The second-order valence-corrected chi connectivity index (χ2v) is 4.70. The van der Waals surface area contributed by atoms with Crippen LogP contribution in [0.25, 0.3) is 6.08 Å². The number of pyridine rings is 1. The molecule has 21 heavy (non-hydrogen) atoms. The lowest BCUT2D eigenvalue weighted by molar-refractivity contribution is 0.104. The SMILES string of the molecule is O=C(/C=C/c1cccnc1)c1ccc2c(c1)OCCCO2. The molecule has 106 valence electrons. The van der Waals surface area contributed by atoms with E-state index in [-0.39, 0.29) is 5.78 Å². The zero-order chi connectivity index (χ0) is 14.5. The van der Waals surface area contributed by atoms with Crippen LogP contribution < -0.4 is 9.47 Å². The second kappa shape index (κ2) is 6.22. The van der Waals surface area contributed by atoms with Crippen LogP contribution in [0.4, 0.5) is 0 Å². The van der Waals surface area contributed by atoms with E-state index in [0.717, 1.165) is 12.0 Å². The Bertz CT molecular complexity index is 665. The van der Waals surface area contributed by atoms with Crippen molar-refractivity contribution in [3.8, 4) is 11.5 Å². The van der Waals surface area contributed by atoms with Gasteiger partial charge in [0.15, 0.2) is 17.3 Å². The van der Waals surface area contributed by atoms with Crippen molar-refractivity contribution in [1.82, 2.24) is 4.98 Å². The highest BCUT2D eigenvalue weighted by Gasteiger charge is 2.12. The number of carbonyl (C=O) groups is 1. The van der Waals surface area contributed by atoms with Crippen molar-refractivity contribution < 1.29 is 14.3 Å². The van der Waals surface area contributed by atoms with Crippen molar-refractivity contribution in [3.63, 3.8) is 0 Å². The summed E-state index contributed by atoms with van der Waals surface area (Å²) in [6.07, 6.45) is 7.54. The zero-order valence-electron chi connectivity index (χ0n) is 11.5. The van der Waals surface area contributed by atoms with E-state index in [4.69, 9.17) is 9.47 Å². The quantitative estimate of drug-likeness (QED) is 0.640. The van der Waals surface area contributed by atoms with Crippen molar-refractivity contribution in [1.29, 1.82) is 0 Å². The van der Waals surface area contributed by atoms with E-state index >= 15 is 0 Å². The largest absolute Gasteiger partial charge is 0.490 e. The van der Waals surface area contributed by atoms with Crippen molar-refractivity contribution in [2.75, 3.05) is 13.2 Å². The summed E-state index contributed by atoms with van der Waals surface area (Å²) < 4.78 is 11.1. The lowest BCUT2D eigenvalue weighted by Gasteiger charge is -2.07. The molecule has 1 aliphatic heterocycles. The van der Waals surface area contributed by atoms with Gasteiger partial charge in [-0.1, -0.05) is 6.07 Å². The van der Waals surface area contributed by atoms with Gasteiger partial charge in [0.2, 0.25) is 0 Å². The van der Waals surface area contributed by atoms with Gasteiger partial charge in [-0.25, -0.2) is 0 Å². The molecule has 4 nitrogen and oxygen atoms in total. The Balaban J connectivity index is 1.79. The minimum absolute atomic E-state index is 0.0745. The van der Waals surface area contributed by atoms with E-state index in [1.807, 2.05) is 12.1 Å². The first-order chi connectivity index (χ1) is 10.3. The third-order valence-electron chi connectivity index (χ3n) is 3.14. The van der Waals surface area contributed by atoms with E-state index in [1.54, 1.807) is 36.7 Å². The molecule has 0 radical (unpaired) electrons. The number of hydrogen-bond donors (Lipinski definition) is 0. The first kappa shape index (κ1) is 13.4. The van der Waals surface area contributed by atoms with Crippen molar-refractivity contribution in [3.05, 3.63) is 59.9 Å². The molecule has 3 rings (SSSR count). The fourth-order valence-electron chi connectivity index (χ4n) is 2.06. The maximum absolute atomic E-state index is 12.2. The fourth-order valence-corrected chi connectivity index (χ4v) is 2.06. The first-order valence-electron chi connectivity index (χ1n) is 6.85. The highest BCUT2D eigenvalue weighted by Crippen LogP contribution is 2.30. The van der Waals surface area contributed by atoms with Crippen LogP contribution >= 0.6 is 0 Å². The van der Waals surface area contributed by atoms with Gasteiger partial charge in [-0.15, -0.1) is 0 Å². The lowest BCUT2D eigenvalue weighted by atomic mass is 10.1. The normalized spacial score (nSPS) is 13.9. The van der Waals surface area contributed by atoms with Crippen LogP contribution in [0.1, 0.15) is 22.3 Å². The Morgan fingerprint density at radius 2 is 2.00 bits per heavy atom. The predicted octanol–water partition coefficient (Wildman–Crippen LogP) is 3.14. The summed E-state index contributed by atoms with van der Waals surface area (Å²) in [4.78, 5) is 16.2. The number of rotatable bonds is 3. The summed E-state index contributed by atoms with van der Waals surface area (Å²) in [5, 5.41) is 0. The summed E-state index contributed by atoms with van der Waals surface area (Å²) in [6.45, 7) is 1.25. The molecular formula is C17H15NO3. The molecule has 0 spiro atoms. The molecule has 0 saturated carbocycles. The molecule has 0 bridgehead atoms. The maximum Gasteiger partial charge on any atom is 0.185 e. The van der Waals surface area contributed by atoms with Crippen LogP contribution in [-0.2, 0) is 0 Å². The molecule has 0 unspecified atom stereocenters. The molecule has 0 fully saturated rings. The van der Waals surface area contributed by atoms with Gasteiger partial charge in [0.25, 0.3) is 0 Å². The van der Waals surface area contributed by atoms with Crippen LogP contribution in [0.3, 0.4) is 0 Å². The number of carbonyl (C=O) groups excluding carboxylic acids is 1. The molecule has 1 aromatic carbocycles. The molecule has 0 saturated heterocycles. The number of ketones is 1. The minimum Gasteiger partial charge on any atom is -0.490 e. The molecule has 0 atom stereocenters. The fraction of sp³-hybridized carbons (Fsp3) is 0.176. The number of fused-ring (bicyclic) bond motifs is 1. The molecule has 1 aliphatic rings. The minimum atomic E-state index is -0.0745. The predicted molar refractivity (Wildman–Crippen MR) is 79.7 cm³/mol. The Morgan fingerprint density at radius 1 is 1.14 bits per heavy atom.